The summed E-state index contributed by atoms with van der Waals surface area (Å²) in [5.74, 6) is -9.55. The van der Waals surface area contributed by atoms with E-state index >= 15 is 0 Å². The molecule has 0 radical (unpaired) electrons. The van der Waals surface area contributed by atoms with Crippen molar-refractivity contribution in [3.63, 3.8) is 0 Å². The van der Waals surface area contributed by atoms with Crippen LogP contribution in [0.15, 0.2) is 5.11 Å². The molecular formula is C32H46N4O18S. The number of nitrogens with one attached hydrogen (secondary N) is 1. The van der Waals surface area contributed by atoms with Crippen LogP contribution in [0.1, 0.15) is 61.8 Å². The van der Waals surface area contributed by atoms with Gasteiger partial charge in [-0.2, -0.15) is 0 Å². The highest BCUT2D eigenvalue weighted by atomic mass is 32.2. The number of hydrogen-bond acceptors (Lipinski definition) is 20. The number of azide groups is 1. The summed E-state index contributed by atoms with van der Waals surface area (Å²) in [5, 5.41) is 6.28. The smallest absolute Gasteiger partial charge is 0.366 e. The fourth-order valence-electron chi connectivity index (χ4n) is 5.93. The third kappa shape index (κ3) is 13.5. The van der Waals surface area contributed by atoms with Crippen LogP contribution in [0.5, 0.6) is 0 Å². The monoisotopic (exact) mass is 806 g/mol. The average molecular weight is 807 g/mol. The van der Waals surface area contributed by atoms with E-state index in [0.29, 0.717) is 5.75 Å². The zero-order valence-electron chi connectivity index (χ0n) is 31.7. The summed E-state index contributed by atoms with van der Waals surface area (Å²) >= 11 is 1.14. The van der Waals surface area contributed by atoms with E-state index in [4.69, 9.17) is 47.4 Å². The molecule has 308 valence electrons. The van der Waals surface area contributed by atoms with E-state index in [9.17, 15) is 43.9 Å². The zero-order chi connectivity index (χ0) is 41.6. The number of carbonyl (C=O) groups excluding carboxylic acids is 8. The summed E-state index contributed by atoms with van der Waals surface area (Å²) in [6, 6.07) is -2.68. The third-order valence-corrected chi connectivity index (χ3v) is 8.76. The minimum atomic E-state index is -2.65. The molecule has 1 amide bonds. The van der Waals surface area contributed by atoms with Crippen LogP contribution >= 0.6 is 11.8 Å². The Morgan fingerprint density at radius 1 is 0.873 bits per heavy atom. The number of nitrogens with zero attached hydrogens (tertiary/aromatic N) is 3. The molecule has 0 saturated carbocycles. The molecule has 2 aliphatic rings. The van der Waals surface area contributed by atoms with Gasteiger partial charge in [-0.3, -0.25) is 33.6 Å². The summed E-state index contributed by atoms with van der Waals surface area (Å²) in [6.07, 6.45) is -11.8. The number of esters is 7. The van der Waals surface area contributed by atoms with E-state index in [1.165, 1.54) is 0 Å². The van der Waals surface area contributed by atoms with Gasteiger partial charge in [-0.25, -0.2) is 4.79 Å². The maximum atomic E-state index is 13.8. The first-order valence-electron chi connectivity index (χ1n) is 16.8. The van der Waals surface area contributed by atoms with Crippen molar-refractivity contribution >= 4 is 59.5 Å². The second-order valence-corrected chi connectivity index (χ2v) is 13.5. The predicted molar refractivity (Wildman–Crippen MR) is 182 cm³/mol. The van der Waals surface area contributed by atoms with E-state index in [0.717, 1.165) is 67.3 Å². The Bertz CT molecular complexity index is 1490. The van der Waals surface area contributed by atoms with Crippen molar-refractivity contribution in [1.82, 2.24) is 5.32 Å². The van der Waals surface area contributed by atoms with Crippen molar-refractivity contribution in [2.75, 3.05) is 26.1 Å². The van der Waals surface area contributed by atoms with E-state index in [2.05, 4.69) is 15.3 Å². The lowest BCUT2D eigenvalue weighted by Gasteiger charge is -2.49. The number of methoxy groups -OCH3 is 1. The number of carbonyl (C=O) groups is 8. The van der Waals surface area contributed by atoms with Gasteiger partial charge in [-0.1, -0.05) is 12.0 Å². The van der Waals surface area contributed by atoms with Gasteiger partial charge in [0.25, 0.3) is 5.79 Å². The molecule has 1 N–H and O–H groups in total. The number of amides is 1. The highest BCUT2D eigenvalue weighted by molar-refractivity contribution is 7.99. The fraction of sp³-hybridized carbons (Fsp3) is 0.750. The molecule has 2 aliphatic heterocycles. The van der Waals surface area contributed by atoms with Crippen LogP contribution in [-0.2, 0) is 85.7 Å². The Morgan fingerprint density at radius 2 is 1.47 bits per heavy atom. The average Bonchev–Trinajstić information content (AvgIpc) is 3.07. The molecule has 2 heterocycles. The lowest BCUT2D eigenvalue weighted by molar-refractivity contribution is -0.323. The first-order valence-corrected chi connectivity index (χ1v) is 17.8. The van der Waals surface area contributed by atoms with Gasteiger partial charge >= 0.3 is 41.8 Å². The van der Waals surface area contributed by atoms with Gasteiger partial charge < -0.3 is 52.7 Å². The zero-order valence-corrected chi connectivity index (χ0v) is 32.5. The van der Waals surface area contributed by atoms with Gasteiger partial charge in [0.05, 0.1) is 26.2 Å². The second-order valence-electron chi connectivity index (χ2n) is 12.1. The van der Waals surface area contributed by atoms with Gasteiger partial charge in [0.2, 0.25) is 5.91 Å². The normalized spacial score (nSPS) is 28.4. The molecule has 0 unspecified atom stereocenters. The van der Waals surface area contributed by atoms with Crippen LogP contribution in [0.25, 0.3) is 10.4 Å². The summed E-state index contributed by atoms with van der Waals surface area (Å²) in [5.41, 5.74) is 8.31. The summed E-state index contributed by atoms with van der Waals surface area (Å²) in [4.78, 5) is 103. The third-order valence-electron chi connectivity index (χ3n) is 7.71. The fourth-order valence-corrected chi connectivity index (χ4v) is 6.89. The number of ether oxygens (including phenoxy) is 10. The molecule has 23 heteroatoms. The molecule has 2 rings (SSSR count). The molecule has 2 fully saturated rings. The Morgan fingerprint density at radius 3 is 1.96 bits per heavy atom. The van der Waals surface area contributed by atoms with Gasteiger partial charge in [0.15, 0.2) is 24.4 Å². The summed E-state index contributed by atoms with van der Waals surface area (Å²) < 4.78 is 56.2. The molecule has 2 saturated heterocycles. The maximum Gasteiger partial charge on any atom is 0.366 e. The molecule has 0 aromatic carbocycles. The van der Waals surface area contributed by atoms with Gasteiger partial charge in [-0.15, -0.1) is 11.8 Å². The first-order chi connectivity index (χ1) is 25.8. The Hall–Kier alpha value is -4.70. The molecule has 55 heavy (non-hydrogen) atoms. The SMILES string of the molecule is CCS[C@@H]1O[C@H](CO[C@]2(C(=O)OC)C[C@H](OC(C)=O)[C@@H](NC(C)=O)[C@H]([C@@H](OC(C)=O)[C@@H](COC(C)=O)OC(C)=O)O2)[C@H](OC(C)=O)[C@H](OC(C)=O)[C@H]1N=[N+]=[N-]. The number of hydrogen-bond donors (Lipinski definition) is 1. The topological polar surface area (TPSA) is 290 Å². The molecule has 0 aromatic rings. The van der Waals surface area contributed by atoms with Crippen molar-refractivity contribution in [2.45, 2.75) is 128 Å². The molecule has 0 aliphatic carbocycles. The van der Waals surface area contributed by atoms with Crippen molar-refractivity contribution in [1.29, 1.82) is 0 Å². The quantitative estimate of drug-likeness (QED) is 0.0690. The highest BCUT2D eigenvalue weighted by Gasteiger charge is 2.60. The van der Waals surface area contributed by atoms with Crippen LogP contribution in [0.2, 0.25) is 0 Å². The number of rotatable bonds is 17. The minimum Gasteiger partial charge on any atom is -0.465 e. The highest BCUT2D eigenvalue weighted by Crippen LogP contribution is 2.39. The van der Waals surface area contributed by atoms with Crippen LogP contribution in [0, 0.1) is 0 Å². The van der Waals surface area contributed by atoms with Gasteiger partial charge in [-0.05, 0) is 11.3 Å². The van der Waals surface area contributed by atoms with Crippen molar-refractivity contribution in [3.05, 3.63) is 10.4 Å². The van der Waals surface area contributed by atoms with E-state index in [1.54, 1.807) is 6.92 Å². The van der Waals surface area contributed by atoms with Crippen LogP contribution < -0.4 is 5.32 Å². The Balaban J connectivity index is 2.84. The van der Waals surface area contributed by atoms with Crippen LogP contribution in [0.4, 0.5) is 0 Å². The Labute approximate surface area is 319 Å². The minimum absolute atomic E-state index is 0.403. The summed E-state index contributed by atoms with van der Waals surface area (Å²) in [6.45, 7) is 7.61. The van der Waals surface area contributed by atoms with E-state index < -0.39 is 133 Å². The standard InChI is InChI=1S/C32H46N4O18S/c1-10-55-30-25(35-36-33)28(52-20(8)43)26(50-18(6)41)23(53-30)13-47-32(31(44)45-9)11-21(48-16(4)39)24(34-14(2)37)29(54-32)27(51-19(7)42)22(49-17(5)40)12-46-15(3)38/h21-30H,10-13H2,1-9H3,(H,34,37)/t21-,22+,23+,24+,25+,26-,27-,28+,29+,30-,32+/m0/s1. The molecular weight excluding hydrogens is 760 g/mol. The van der Waals surface area contributed by atoms with Crippen molar-refractivity contribution in [2.24, 2.45) is 5.11 Å². The molecule has 0 bridgehead atoms. The lowest BCUT2D eigenvalue weighted by atomic mass is 9.87. The number of thioether (sulfide) groups is 1. The predicted octanol–water partition coefficient (Wildman–Crippen LogP) is 0.544. The van der Waals surface area contributed by atoms with Gasteiger partial charge in [0.1, 0.15) is 36.4 Å². The van der Waals surface area contributed by atoms with E-state index in [-0.39, 0.29) is 0 Å². The lowest BCUT2D eigenvalue weighted by Crippen LogP contribution is -2.69. The Kier molecular flexibility index (Phi) is 18.1. The largest absolute Gasteiger partial charge is 0.465 e. The van der Waals surface area contributed by atoms with Crippen LogP contribution in [0.3, 0.4) is 0 Å². The molecule has 0 aromatic heterocycles. The summed E-state index contributed by atoms with van der Waals surface area (Å²) in [7, 11) is 0.965. The maximum absolute atomic E-state index is 13.8. The first kappa shape index (κ1) is 46.5. The van der Waals surface area contributed by atoms with Crippen molar-refractivity contribution < 1.29 is 85.7 Å². The van der Waals surface area contributed by atoms with Crippen molar-refractivity contribution in [3.8, 4) is 0 Å². The molecule has 22 nitrogen and oxygen atoms in total. The molecule has 0 spiro atoms. The van der Waals surface area contributed by atoms with E-state index in [1.807, 2.05) is 0 Å². The molecule has 11 atom stereocenters. The van der Waals surface area contributed by atoms with Gasteiger partial charge in [0, 0.05) is 53.4 Å². The van der Waals surface area contributed by atoms with Crippen LogP contribution in [-0.4, -0.2) is 140 Å². The second kappa shape index (κ2) is 21.4.